The summed E-state index contributed by atoms with van der Waals surface area (Å²) in [7, 11) is 0. The van der Waals surface area contributed by atoms with Gasteiger partial charge in [0.15, 0.2) is 0 Å². The Hall–Kier alpha value is -0.0800. The van der Waals surface area contributed by atoms with Crippen LogP contribution in [0.2, 0.25) is 0 Å². The van der Waals surface area contributed by atoms with Gasteiger partial charge in [0.05, 0.1) is 6.10 Å². The number of aliphatic hydroxyl groups excluding tert-OH is 1. The van der Waals surface area contributed by atoms with E-state index < -0.39 is 0 Å². The molecule has 1 atom stereocenters. The van der Waals surface area contributed by atoms with E-state index in [2.05, 4.69) is 20.8 Å². The van der Waals surface area contributed by atoms with Crippen LogP contribution in [0.15, 0.2) is 0 Å². The van der Waals surface area contributed by atoms with Gasteiger partial charge in [0.1, 0.15) is 0 Å². The molecule has 0 spiro atoms. The summed E-state index contributed by atoms with van der Waals surface area (Å²) in [6, 6.07) is 0. The molecule has 1 aliphatic heterocycles. The lowest BCUT2D eigenvalue weighted by Crippen LogP contribution is -2.38. The molecule has 1 unspecified atom stereocenters. The quantitative estimate of drug-likeness (QED) is 0.732. The highest BCUT2D eigenvalue weighted by Gasteiger charge is 2.33. The Bertz CT molecular complexity index is 148. The normalized spacial score (nSPS) is 23.1. The lowest BCUT2D eigenvalue weighted by atomic mass is 9.75. The first-order chi connectivity index (χ1) is 6.08. The van der Waals surface area contributed by atoms with Gasteiger partial charge in [-0.05, 0) is 30.6 Å². The topological polar surface area (TPSA) is 29.5 Å². The standard InChI is InChI=1S/C11H22O2/c1-4-11(2,3)10(12)9-5-7-13-8-6-9/h9-10,12H,4-8H2,1-3H3. The van der Waals surface area contributed by atoms with E-state index in [4.69, 9.17) is 4.74 Å². The molecule has 0 aromatic rings. The Morgan fingerprint density at radius 1 is 1.38 bits per heavy atom. The van der Waals surface area contributed by atoms with E-state index >= 15 is 0 Å². The van der Waals surface area contributed by atoms with Crippen molar-refractivity contribution in [3.8, 4) is 0 Å². The highest BCUT2D eigenvalue weighted by atomic mass is 16.5. The van der Waals surface area contributed by atoms with E-state index in [1.165, 1.54) is 0 Å². The van der Waals surface area contributed by atoms with E-state index in [1.807, 2.05) is 0 Å². The summed E-state index contributed by atoms with van der Waals surface area (Å²) in [6.45, 7) is 8.08. The number of ether oxygens (including phenoxy) is 1. The van der Waals surface area contributed by atoms with E-state index in [0.717, 1.165) is 32.5 Å². The minimum atomic E-state index is -0.165. The number of hydrogen-bond donors (Lipinski definition) is 1. The second kappa shape index (κ2) is 4.43. The summed E-state index contributed by atoms with van der Waals surface area (Å²) < 4.78 is 5.29. The molecule has 0 aromatic heterocycles. The molecule has 13 heavy (non-hydrogen) atoms. The van der Waals surface area contributed by atoms with Gasteiger partial charge >= 0.3 is 0 Å². The fourth-order valence-electron chi connectivity index (χ4n) is 1.88. The molecule has 2 heteroatoms. The van der Waals surface area contributed by atoms with Gasteiger partial charge in [0.25, 0.3) is 0 Å². The minimum absolute atomic E-state index is 0.0575. The van der Waals surface area contributed by atoms with Crippen molar-refractivity contribution in [1.29, 1.82) is 0 Å². The second-order valence-electron chi connectivity index (χ2n) is 4.74. The zero-order valence-corrected chi connectivity index (χ0v) is 9.05. The Labute approximate surface area is 81.3 Å². The van der Waals surface area contributed by atoms with Crippen LogP contribution >= 0.6 is 0 Å². The maximum Gasteiger partial charge on any atom is 0.0620 e. The van der Waals surface area contributed by atoms with Crippen molar-refractivity contribution in [3.05, 3.63) is 0 Å². The summed E-state index contributed by atoms with van der Waals surface area (Å²) >= 11 is 0. The largest absolute Gasteiger partial charge is 0.392 e. The first-order valence-corrected chi connectivity index (χ1v) is 5.33. The van der Waals surface area contributed by atoms with Crippen LogP contribution < -0.4 is 0 Å². The summed E-state index contributed by atoms with van der Waals surface area (Å²) in [4.78, 5) is 0. The van der Waals surface area contributed by atoms with Crippen molar-refractivity contribution in [2.24, 2.45) is 11.3 Å². The molecule has 1 aliphatic rings. The molecule has 0 bridgehead atoms. The maximum absolute atomic E-state index is 10.1. The molecule has 0 radical (unpaired) electrons. The summed E-state index contributed by atoms with van der Waals surface area (Å²) in [6.07, 6.45) is 2.90. The molecule has 1 heterocycles. The zero-order valence-electron chi connectivity index (χ0n) is 9.05. The zero-order chi connectivity index (χ0) is 9.90. The maximum atomic E-state index is 10.1. The van der Waals surface area contributed by atoms with Gasteiger partial charge in [-0.25, -0.2) is 0 Å². The number of rotatable bonds is 3. The van der Waals surface area contributed by atoms with Crippen molar-refractivity contribution in [3.63, 3.8) is 0 Å². The number of aliphatic hydroxyl groups is 1. The third-order valence-electron chi connectivity index (χ3n) is 3.42. The van der Waals surface area contributed by atoms with Crippen molar-refractivity contribution in [1.82, 2.24) is 0 Å². The molecule has 0 amide bonds. The molecule has 1 saturated heterocycles. The first kappa shape index (κ1) is 11.0. The lowest BCUT2D eigenvalue weighted by molar-refractivity contribution is -0.0467. The van der Waals surface area contributed by atoms with E-state index in [0.29, 0.717) is 5.92 Å². The molecule has 2 nitrogen and oxygen atoms in total. The van der Waals surface area contributed by atoms with Crippen molar-refractivity contribution >= 4 is 0 Å². The second-order valence-corrected chi connectivity index (χ2v) is 4.74. The molecular formula is C11H22O2. The third-order valence-corrected chi connectivity index (χ3v) is 3.42. The van der Waals surface area contributed by atoms with Gasteiger partial charge in [0.2, 0.25) is 0 Å². The van der Waals surface area contributed by atoms with E-state index in [1.54, 1.807) is 0 Å². The van der Waals surface area contributed by atoms with E-state index in [9.17, 15) is 5.11 Å². The van der Waals surface area contributed by atoms with Crippen molar-refractivity contribution < 1.29 is 9.84 Å². The Morgan fingerprint density at radius 2 is 1.92 bits per heavy atom. The molecule has 78 valence electrons. The smallest absolute Gasteiger partial charge is 0.0620 e. The van der Waals surface area contributed by atoms with Crippen LogP contribution in [0.25, 0.3) is 0 Å². The highest BCUT2D eigenvalue weighted by molar-refractivity contribution is 4.83. The lowest BCUT2D eigenvalue weighted by Gasteiger charge is -2.37. The average molecular weight is 186 g/mol. The molecule has 0 saturated carbocycles. The molecule has 1 fully saturated rings. The van der Waals surface area contributed by atoms with Gasteiger partial charge in [-0.2, -0.15) is 0 Å². The molecule has 1 rings (SSSR count). The molecule has 0 aromatic carbocycles. The minimum Gasteiger partial charge on any atom is -0.392 e. The van der Waals surface area contributed by atoms with Gasteiger partial charge in [0, 0.05) is 13.2 Å². The van der Waals surface area contributed by atoms with Crippen LogP contribution in [-0.2, 0) is 4.74 Å². The van der Waals surface area contributed by atoms with Crippen LogP contribution in [0.1, 0.15) is 40.0 Å². The SMILES string of the molecule is CCC(C)(C)C(O)C1CCOCC1. The van der Waals surface area contributed by atoms with Gasteiger partial charge in [-0.3, -0.25) is 0 Å². The summed E-state index contributed by atoms with van der Waals surface area (Å²) in [5, 5.41) is 10.1. The fraction of sp³-hybridized carbons (Fsp3) is 1.00. The number of hydrogen-bond acceptors (Lipinski definition) is 2. The Balaban J connectivity index is 2.49. The summed E-state index contributed by atoms with van der Waals surface area (Å²) in [5.41, 5.74) is 0.0575. The predicted octanol–water partition coefficient (Wildman–Crippen LogP) is 2.21. The molecule has 1 N–H and O–H groups in total. The average Bonchev–Trinajstić information content (AvgIpc) is 2.18. The van der Waals surface area contributed by atoms with Gasteiger partial charge in [-0.15, -0.1) is 0 Å². The predicted molar refractivity (Wildman–Crippen MR) is 53.6 cm³/mol. The van der Waals surface area contributed by atoms with Crippen molar-refractivity contribution in [2.45, 2.75) is 46.1 Å². The van der Waals surface area contributed by atoms with Crippen LogP contribution in [0.4, 0.5) is 0 Å². The highest BCUT2D eigenvalue weighted by Crippen LogP contribution is 2.33. The first-order valence-electron chi connectivity index (χ1n) is 5.33. The van der Waals surface area contributed by atoms with Crippen LogP contribution in [-0.4, -0.2) is 24.4 Å². The van der Waals surface area contributed by atoms with Crippen molar-refractivity contribution in [2.75, 3.05) is 13.2 Å². The van der Waals surface area contributed by atoms with Gasteiger partial charge in [-0.1, -0.05) is 20.8 Å². The molecular weight excluding hydrogens is 164 g/mol. The molecule has 0 aliphatic carbocycles. The van der Waals surface area contributed by atoms with Gasteiger partial charge < -0.3 is 9.84 Å². The van der Waals surface area contributed by atoms with Crippen LogP contribution in [0, 0.1) is 11.3 Å². The Kier molecular flexibility index (Phi) is 3.74. The van der Waals surface area contributed by atoms with E-state index in [-0.39, 0.29) is 11.5 Å². The third kappa shape index (κ3) is 2.68. The fourth-order valence-corrected chi connectivity index (χ4v) is 1.88. The Morgan fingerprint density at radius 3 is 2.38 bits per heavy atom. The summed E-state index contributed by atoms with van der Waals surface area (Å²) in [5.74, 6) is 0.448. The van der Waals surface area contributed by atoms with Crippen LogP contribution in [0.5, 0.6) is 0 Å². The van der Waals surface area contributed by atoms with Crippen LogP contribution in [0.3, 0.4) is 0 Å². The monoisotopic (exact) mass is 186 g/mol.